The van der Waals surface area contributed by atoms with E-state index in [0.29, 0.717) is 12.5 Å². The summed E-state index contributed by atoms with van der Waals surface area (Å²) in [6, 6.07) is 9.98. The maximum atomic E-state index is 16.2. The van der Waals surface area contributed by atoms with Gasteiger partial charge in [0.25, 0.3) is 5.91 Å². The molecule has 4 heterocycles. The number of hydrogen-bond donors (Lipinski definition) is 1. The average molecular weight is 591 g/mol. The first-order valence-corrected chi connectivity index (χ1v) is 16.0. The first kappa shape index (κ1) is 28.7. The maximum absolute atomic E-state index is 16.2. The number of morpholine rings is 1. The maximum Gasteiger partial charge on any atom is 0.256 e. The van der Waals surface area contributed by atoms with Crippen molar-refractivity contribution >= 4 is 11.7 Å². The number of ether oxygens (including phenoxy) is 1. The van der Waals surface area contributed by atoms with Gasteiger partial charge in [-0.15, -0.1) is 0 Å². The Morgan fingerprint density at radius 2 is 1.91 bits per heavy atom. The third-order valence-corrected chi connectivity index (χ3v) is 10.5. The number of benzene rings is 1. The van der Waals surface area contributed by atoms with E-state index in [0.717, 1.165) is 58.4 Å². The largest absolute Gasteiger partial charge is 0.369 e. The van der Waals surface area contributed by atoms with E-state index in [4.69, 9.17) is 4.74 Å². The number of rotatable bonds is 7. The summed E-state index contributed by atoms with van der Waals surface area (Å²) >= 11 is 0. The zero-order chi connectivity index (χ0) is 29.5. The third kappa shape index (κ3) is 5.53. The number of nitrogens with zero attached hydrogens (tertiary/aromatic N) is 5. The van der Waals surface area contributed by atoms with Crippen LogP contribution in [0.3, 0.4) is 0 Å². The number of halogens is 1. The number of hydrogen-bond acceptors (Lipinski definition) is 7. The van der Waals surface area contributed by atoms with Gasteiger partial charge in [-0.05, 0) is 50.6 Å². The van der Waals surface area contributed by atoms with Gasteiger partial charge in [-0.3, -0.25) is 14.5 Å². The lowest BCUT2D eigenvalue weighted by Crippen LogP contribution is -2.74. The van der Waals surface area contributed by atoms with Crippen molar-refractivity contribution in [2.75, 3.05) is 39.8 Å². The molecule has 2 saturated heterocycles. The fourth-order valence-electron chi connectivity index (χ4n) is 8.30. The Morgan fingerprint density at radius 1 is 1.09 bits per heavy atom. The summed E-state index contributed by atoms with van der Waals surface area (Å²) in [4.78, 5) is 38.3. The van der Waals surface area contributed by atoms with Crippen molar-refractivity contribution in [1.29, 1.82) is 0 Å². The molecule has 0 bridgehead atoms. The number of likely N-dealkylation sites (N-methyl/N-ethyl adjacent to an activating group) is 1. The number of nitrogens with one attached hydrogen (secondary N) is 1. The number of amides is 1. The summed E-state index contributed by atoms with van der Waals surface area (Å²) in [5, 5.41) is 2.97. The van der Waals surface area contributed by atoms with Gasteiger partial charge < -0.3 is 24.4 Å². The fraction of sp³-hybridized carbons (Fsp3) is 0.606. The van der Waals surface area contributed by atoms with Crippen LogP contribution in [0.4, 0.5) is 4.39 Å². The first-order chi connectivity index (χ1) is 21.0. The van der Waals surface area contributed by atoms with Crippen molar-refractivity contribution in [3.8, 4) is 0 Å². The summed E-state index contributed by atoms with van der Waals surface area (Å²) in [6.45, 7) is 4.54. The lowest BCUT2D eigenvalue weighted by atomic mass is 9.68. The molecule has 1 N–H and O–H groups in total. The third-order valence-electron chi connectivity index (χ3n) is 10.5. The lowest BCUT2D eigenvalue weighted by molar-refractivity contribution is -0.214. The van der Waals surface area contributed by atoms with Crippen LogP contribution in [0.15, 0.2) is 60.8 Å². The summed E-state index contributed by atoms with van der Waals surface area (Å²) < 4.78 is 25.1. The first-order valence-electron chi connectivity index (χ1n) is 16.0. The summed E-state index contributed by atoms with van der Waals surface area (Å²) in [5.74, 6) is -0.826. The zero-order valence-electron chi connectivity index (χ0n) is 24.9. The minimum Gasteiger partial charge on any atom is -0.369 e. The molecule has 2 aliphatic carbocycles. The topological polar surface area (TPSA) is 82.9 Å². The van der Waals surface area contributed by atoms with Gasteiger partial charge in [-0.2, -0.15) is 0 Å². The highest BCUT2D eigenvalue weighted by molar-refractivity contribution is 6.20. The van der Waals surface area contributed by atoms with Gasteiger partial charge in [0.2, 0.25) is 0 Å². The van der Waals surface area contributed by atoms with Crippen LogP contribution in [-0.4, -0.2) is 112 Å². The van der Waals surface area contributed by atoms with Crippen molar-refractivity contribution in [3.63, 3.8) is 0 Å². The Hall–Kier alpha value is -3.08. The molecule has 2 aromatic rings. The standard InChI is InChI=1S/C33H43FN6O3/c1-37-14-16-39(17-15-37)30-26(34)19-24-29-32(30)43-28-9-8-23(22-6-3-2-4-7-22)18-27(28)40(29)20-25(31(24)41)33(42)36-10-5-12-38-13-11-35-21-38/h2-4,6-7,11,13,20-21,23-24,26-30,32H,5,8-10,12,14-19H2,1H3,(H,36,42). The SMILES string of the molecule is CN1CCN(C2C(F)CC3C(=O)C(C(=O)NCCCn4ccnc4)=CN4C5CC(c6ccccc6)CCC5OC2C34)CC1. The monoisotopic (exact) mass is 590 g/mol. The fourth-order valence-corrected chi connectivity index (χ4v) is 8.30. The lowest BCUT2D eigenvalue weighted by Gasteiger charge is -2.61. The molecule has 8 atom stereocenters. The van der Waals surface area contributed by atoms with E-state index in [9.17, 15) is 9.59 Å². The number of Topliss-reactive ketones (excluding diaryl/α,β-unsaturated/α-hetero) is 1. The molecule has 0 spiro atoms. The summed E-state index contributed by atoms with van der Waals surface area (Å²) in [6.07, 6.45) is 9.14. The van der Waals surface area contributed by atoms with Crippen molar-refractivity contribution < 1.29 is 18.7 Å². The Balaban J connectivity index is 1.17. The van der Waals surface area contributed by atoms with Crippen LogP contribution in [0, 0.1) is 5.92 Å². The second-order valence-corrected chi connectivity index (χ2v) is 13.1. The van der Waals surface area contributed by atoms with Crippen LogP contribution >= 0.6 is 0 Å². The predicted octanol–water partition coefficient (Wildman–Crippen LogP) is 2.60. The molecule has 8 unspecified atom stereocenters. The molecule has 0 radical (unpaired) electrons. The van der Waals surface area contributed by atoms with Gasteiger partial charge in [-0.1, -0.05) is 30.3 Å². The van der Waals surface area contributed by atoms with E-state index in [1.807, 2.05) is 23.0 Å². The number of ketones is 1. The molecular weight excluding hydrogens is 547 g/mol. The van der Waals surface area contributed by atoms with Gasteiger partial charge in [0, 0.05) is 63.8 Å². The Labute approximate surface area is 253 Å². The number of alkyl halides is 1. The minimum absolute atomic E-state index is 0.0316. The van der Waals surface area contributed by atoms with Crippen molar-refractivity contribution in [1.82, 2.24) is 29.6 Å². The highest BCUT2D eigenvalue weighted by Crippen LogP contribution is 2.48. The second-order valence-electron chi connectivity index (χ2n) is 13.1. The smallest absolute Gasteiger partial charge is 0.256 e. The minimum atomic E-state index is -1.18. The Kier molecular flexibility index (Phi) is 8.09. The van der Waals surface area contributed by atoms with Crippen molar-refractivity contribution in [3.05, 3.63) is 66.4 Å². The molecule has 4 fully saturated rings. The van der Waals surface area contributed by atoms with Crippen LogP contribution < -0.4 is 5.32 Å². The van der Waals surface area contributed by atoms with Gasteiger partial charge in [0.15, 0.2) is 5.78 Å². The van der Waals surface area contributed by atoms with E-state index in [1.54, 1.807) is 12.5 Å². The highest BCUT2D eigenvalue weighted by Gasteiger charge is 2.60. The van der Waals surface area contributed by atoms with E-state index in [2.05, 4.69) is 56.3 Å². The second kappa shape index (κ2) is 12.1. The van der Waals surface area contributed by atoms with Gasteiger partial charge in [0.1, 0.15) is 6.17 Å². The molecule has 1 amide bonds. The molecule has 2 saturated carbocycles. The number of carbonyl (C=O) groups excluding carboxylic acids is 2. The molecule has 3 aliphatic heterocycles. The summed E-state index contributed by atoms with van der Waals surface area (Å²) in [7, 11) is 2.10. The van der Waals surface area contributed by atoms with Crippen LogP contribution in [0.5, 0.6) is 0 Å². The van der Waals surface area contributed by atoms with Crippen LogP contribution in [-0.2, 0) is 20.9 Å². The molecule has 230 valence electrons. The molecule has 1 aromatic carbocycles. The van der Waals surface area contributed by atoms with Crippen molar-refractivity contribution in [2.45, 2.75) is 81.1 Å². The number of imidazole rings is 1. The van der Waals surface area contributed by atoms with Gasteiger partial charge in [-0.25, -0.2) is 9.37 Å². The number of aromatic nitrogens is 2. The molecule has 10 heteroatoms. The number of carbonyl (C=O) groups is 2. The molecular formula is C33H43FN6O3. The average Bonchev–Trinajstić information content (AvgIpc) is 3.55. The quantitative estimate of drug-likeness (QED) is 0.392. The summed E-state index contributed by atoms with van der Waals surface area (Å²) in [5.41, 5.74) is 1.48. The molecule has 5 aliphatic rings. The normalized spacial score (nSPS) is 34.7. The predicted molar refractivity (Wildman–Crippen MR) is 160 cm³/mol. The van der Waals surface area contributed by atoms with E-state index in [-0.39, 0.29) is 47.9 Å². The molecule has 1 aromatic heterocycles. The number of piperazine rings is 1. The molecule has 9 nitrogen and oxygen atoms in total. The molecule has 43 heavy (non-hydrogen) atoms. The Bertz CT molecular complexity index is 1310. The Morgan fingerprint density at radius 3 is 2.67 bits per heavy atom. The number of fused-ring (bicyclic) bond motifs is 2. The van der Waals surface area contributed by atoms with Gasteiger partial charge >= 0.3 is 0 Å². The number of aryl methyl sites for hydroxylation is 1. The zero-order valence-corrected chi connectivity index (χ0v) is 24.9. The van der Waals surface area contributed by atoms with Crippen LogP contribution in [0.2, 0.25) is 0 Å². The van der Waals surface area contributed by atoms with Gasteiger partial charge in [0.05, 0.1) is 42.2 Å². The van der Waals surface area contributed by atoms with E-state index in [1.165, 1.54) is 5.56 Å². The molecule has 7 rings (SSSR count). The van der Waals surface area contributed by atoms with E-state index < -0.39 is 18.2 Å². The van der Waals surface area contributed by atoms with Crippen LogP contribution in [0.1, 0.15) is 43.6 Å². The highest BCUT2D eigenvalue weighted by atomic mass is 19.1. The van der Waals surface area contributed by atoms with Crippen LogP contribution in [0.25, 0.3) is 0 Å². The van der Waals surface area contributed by atoms with E-state index >= 15 is 4.39 Å². The van der Waals surface area contributed by atoms with Crippen molar-refractivity contribution in [2.24, 2.45) is 5.92 Å².